The Bertz CT molecular complexity index is 942. The second-order valence-electron chi connectivity index (χ2n) is 6.80. The van der Waals surface area contributed by atoms with E-state index >= 15 is 0 Å². The lowest BCUT2D eigenvalue weighted by molar-refractivity contribution is 0.0674. The lowest BCUT2D eigenvalue weighted by atomic mass is 10.0. The number of aromatic nitrogens is 4. The summed E-state index contributed by atoms with van der Waals surface area (Å²) in [5.41, 5.74) is 3.64. The van der Waals surface area contributed by atoms with Gasteiger partial charge in [-0.25, -0.2) is 4.98 Å². The SMILES string of the molecule is Cc1cnn(C2CCCN(C(=O)c3cc(C)nc4onc(C)c34)C2)c1. The quantitative estimate of drug-likeness (QED) is 0.717. The molecule has 1 amide bonds. The van der Waals surface area contributed by atoms with Crippen molar-refractivity contribution in [1.82, 2.24) is 24.8 Å². The lowest BCUT2D eigenvalue weighted by Crippen LogP contribution is -2.41. The number of rotatable bonds is 2. The average molecular weight is 339 g/mol. The summed E-state index contributed by atoms with van der Waals surface area (Å²) < 4.78 is 7.23. The molecule has 25 heavy (non-hydrogen) atoms. The van der Waals surface area contributed by atoms with Gasteiger partial charge >= 0.3 is 0 Å². The van der Waals surface area contributed by atoms with Crippen LogP contribution in [0.3, 0.4) is 0 Å². The summed E-state index contributed by atoms with van der Waals surface area (Å²) in [6, 6.07) is 2.05. The summed E-state index contributed by atoms with van der Waals surface area (Å²) in [4.78, 5) is 19.4. The van der Waals surface area contributed by atoms with Gasteiger partial charge in [0.2, 0.25) is 0 Å². The van der Waals surface area contributed by atoms with E-state index in [0.717, 1.165) is 30.6 Å². The van der Waals surface area contributed by atoms with E-state index in [1.165, 1.54) is 0 Å². The molecule has 0 aliphatic carbocycles. The van der Waals surface area contributed by atoms with Crippen molar-refractivity contribution in [2.45, 2.75) is 39.7 Å². The smallest absolute Gasteiger partial charge is 0.258 e. The molecule has 0 N–H and O–H groups in total. The van der Waals surface area contributed by atoms with E-state index < -0.39 is 0 Å². The summed E-state index contributed by atoms with van der Waals surface area (Å²) in [6.45, 7) is 7.14. The molecule has 1 saturated heterocycles. The van der Waals surface area contributed by atoms with Crippen molar-refractivity contribution in [1.29, 1.82) is 0 Å². The minimum absolute atomic E-state index is 0.00961. The van der Waals surface area contributed by atoms with Crippen LogP contribution in [-0.2, 0) is 0 Å². The van der Waals surface area contributed by atoms with Crippen LogP contribution in [0.15, 0.2) is 23.0 Å². The minimum Gasteiger partial charge on any atom is -0.336 e. The Morgan fingerprint density at radius 1 is 1.32 bits per heavy atom. The number of piperidine rings is 1. The lowest BCUT2D eigenvalue weighted by Gasteiger charge is -2.33. The van der Waals surface area contributed by atoms with Crippen LogP contribution >= 0.6 is 0 Å². The van der Waals surface area contributed by atoms with Crippen molar-refractivity contribution < 1.29 is 9.32 Å². The first-order chi connectivity index (χ1) is 12.0. The van der Waals surface area contributed by atoms with Crippen LogP contribution in [0.25, 0.3) is 11.1 Å². The number of hydrogen-bond donors (Lipinski definition) is 0. The normalized spacial score (nSPS) is 18.0. The van der Waals surface area contributed by atoms with E-state index in [1.807, 2.05) is 48.8 Å². The molecule has 0 saturated carbocycles. The van der Waals surface area contributed by atoms with Gasteiger partial charge in [-0.2, -0.15) is 5.10 Å². The van der Waals surface area contributed by atoms with Crippen LogP contribution in [0.4, 0.5) is 0 Å². The zero-order valence-electron chi connectivity index (χ0n) is 14.7. The second-order valence-corrected chi connectivity index (χ2v) is 6.80. The van der Waals surface area contributed by atoms with Crippen molar-refractivity contribution in [2.75, 3.05) is 13.1 Å². The average Bonchev–Trinajstić information content (AvgIpc) is 3.20. The zero-order valence-corrected chi connectivity index (χ0v) is 14.7. The van der Waals surface area contributed by atoms with Crippen LogP contribution in [0.5, 0.6) is 0 Å². The third kappa shape index (κ3) is 2.79. The van der Waals surface area contributed by atoms with E-state index in [4.69, 9.17) is 4.52 Å². The Balaban J connectivity index is 1.65. The first kappa shape index (κ1) is 15.8. The highest BCUT2D eigenvalue weighted by Gasteiger charge is 2.28. The Labute approximate surface area is 145 Å². The summed E-state index contributed by atoms with van der Waals surface area (Å²) in [5.74, 6) is 0.00961. The molecule has 7 nitrogen and oxygen atoms in total. The molecule has 0 radical (unpaired) electrons. The second kappa shape index (κ2) is 5.98. The Morgan fingerprint density at radius 3 is 2.92 bits per heavy atom. The Morgan fingerprint density at radius 2 is 2.16 bits per heavy atom. The molecule has 7 heteroatoms. The maximum absolute atomic E-state index is 13.2. The molecule has 1 aliphatic rings. The number of likely N-dealkylation sites (tertiary alicyclic amines) is 1. The van der Waals surface area contributed by atoms with E-state index in [-0.39, 0.29) is 11.9 Å². The van der Waals surface area contributed by atoms with Gasteiger partial charge in [0, 0.05) is 25.0 Å². The third-order valence-electron chi connectivity index (χ3n) is 4.76. The van der Waals surface area contributed by atoms with Gasteiger partial charge < -0.3 is 9.42 Å². The number of amides is 1. The molecule has 4 rings (SSSR count). The Kier molecular flexibility index (Phi) is 3.78. The van der Waals surface area contributed by atoms with E-state index in [0.29, 0.717) is 28.9 Å². The topological polar surface area (TPSA) is 77.0 Å². The third-order valence-corrected chi connectivity index (χ3v) is 4.76. The van der Waals surface area contributed by atoms with Crippen LogP contribution in [0, 0.1) is 20.8 Å². The number of pyridine rings is 1. The highest BCUT2D eigenvalue weighted by Crippen LogP contribution is 2.27. The summed E-state index contributed by atoms with van der Waals surface area (Å²) in [6.07, 6.45) is 5.89. The number of carbonyl (C=O) groups is 1. The minimum atomic E-state index is 0.00961. The maximum Gasteiger partial charge on any atom is 0.258 e. The van der Waals surface area contributed by atoms with Gasteiger partial charge in [-0.05, 0) is 45.2 Å². The van der Waals surface area contributed by atoms with Crippen molar-refractivity contribution >= 4 is 17.0 Å². The zero-order chi connectivity index (χ0) is 17.6. The largest absolute Gasteiger partial charge is 0.336 e. The van der Waals surface area contributed by atoms with E-state index in [1.54, 1.807) is 0 Å². The van der Waals surface area contributed by atoms with E-state index in [9.17, 15) is 4.79 Å². The number of carbonyl (C=O) groups excluding carboxylic acids is 1. The Hall–Kier alpha value is -2.70. The number of nitrogens with zero attached hydrogens (tertiary/aromatic N) is 5. The molecule has 1 atom stereocenters. The molecular weight excluding hydrogens is 318 g/mol. The fourth-order valence-electron chi connectivity index (χ4n) is 3.54. The van der Waals surface area contributed by atoms with Gasteiger partial charge in [-0.3, -0.25) is 9.48 Å². The van der Waals surface area contributed by atoms with Crippen molar-refractivity contribution in [3.8, 4) is 0 Å². The number of hydrogen-bond acceptors (Lipinski definition) is 5. The highest BCUT2D eigenvalue weighted by molar-refractivity contribution is 6.06. The fraction of sp³-hybridized carbons (Fsp3) is 0.444. The van der Waals surface area contributed by atoms with Gasteiger partial charge in [-0.1, -0.05) is 5.16 Å². The van der Waals surface area contributed by atoms with Gasteiger partial charge in [-0.15, -0.1) is 0 Å². The predicted octanol–water partition coefficient (Wildman–Crippen LogP) is 2.82. The standard InChI is InChI=1S/C18H21N5O2/c1-11-8-19-23(9-11)14-5-4-6-22(10-14)18(24)15-7-12(2)20-17-16(15)13(3)21-25-17/h7-9,14H,4-6,10H2,1-3H3. The van der Waals surface area contributed by atoms with Crippen LogP contribution < -0.4 is 0 Å². The molecule has 1 unspecified atom stereocenters. The van der Waals surface area contributed by atoms with Gasteiger partial charge in [0.25, 0.3) is 11.6 Å². The first-order valence-corrected chi connectivity index (χ1v) is 8.56. The first-order valence-electron chi connectivity index (χ1n) is 8.56. The van der Waals surface area contributed by atoms with Gasteiger partial charge in [0.05, 0.1) is 28.9 Å². The van der Waals surface area contributed by atoms with Crippen molar-refractivity contribution in [3.05, 3.63) is 41.0 Å². The van der Waals surface area contributed by atoms with Crippen LogP contribution in [0.2, 0.25) is 0 Å². The summed E-state index contributed by atoms with van der Waals surface area (Å²) >= 11 is 0. The summed E-state index contributed by atoms with van der Waals surface area (Å²) in [7, 11) is 0. The highest BCUT2D eigenvalue weighted by atomic mass is 16.5. The molecule has 130 valence electrons. The maximum atomic E-state index is 13.2. The molecule has 0 spiro atoms. The fourth-order valence-corrected chi connectivity index (χ4v) is 3.54. The molecule has 0 bridgehead atoms. The molecule has 0 aromatic carbocycles. The predicted molar refractivity (Wildman–Crippen MR) is 92.4 cm³/mol. The van der Waals surface area contributed by atoms with Gasteiger partial charge in [0.1, 0.15) is 0 Å². The molecule has 3 aromatic rings. The monoisotopic (exact) mass is 339 g/mol. The molecule has 4 heterocycles. The van der Waals surface area contributed by atoms with Crippen LogP contribution in [-0.4, -0.2) is 43.8 Å². The van der Waals surface area contributed by atoms with Crippen LogP contribution in [0.1, 0.15) is 46.2 Å². The molecule has 1 fully saturated rings. The van der Waals surface area contributed by atoms with Gasteiger partial charge in [0.15, 0.2) is 0 Å². The van der Waals surface area contributed by atoms with E-state index in [2.05, 4.69) is 15.2 Å². The molecular formula is C18H21N5O2. The summed E-state index contributed by atoms with van der Waals surface area (Å²) in [5, 5.41) is 9.10. The molecule has 3 aromatic heterocycles. The molecule has 1 aliphatic heterocycles. The van der Waals surface area contributed by atoms with Crippen molar-refractivity contribution in [2.24, 2.45) is 0 Å². The van der Waals surface area contributed by atoms with Crippen molar-refractivity contribution in [3.63, 3.8) is 0 Å². The number of fused-ring (bicyclic) bond motifs is 1. The number of aryl methyl sites for hydroxylation is 3.